The van der Waals surface area contributed by atoms with Gasteiger partial charge in [-0.05, 0) is 25.0 Å². The normalized spacial score (nSPS) is 11.3. The van der Waals surface area contributed by atoms with Crippen molar-refractivity contribution in [1.82, 2.24) is 0 Å². The van der Waals surface area contributed by atoms with Gasteiger partial charge in [-0.15, -0.1) is 0 Å². The maximum Gasteiger partial charge on any atom is 0.315 e. The van der Waals surface area contributed by atoms with Gasteiger partial charge in [0.2, 0.25) is 0 Å². The Balaban J connectivity index is 1.72. The predicted molar refractivity (Wildman–Crippen MR) is 148 cm³/mol. The number of allylic oxidation sites excluding steroid dienone is 1. The largest absolute Gasteiger partial charge is 0.426 e. The zero-order chi connectivity index (χ0) is 24.4. The highest BCUT2D eigenvalue weighted by Crippen LogP contribution is 2.15. The first-order valence-electron chi connectivity index (χ1n) is 14.7. The minimum absolute atomic E-state index is 0.189. The van der Waals surface area contributed by atoms with E-state index in [2.05, 4.69) is 13.0 Å². The molecule has 0 fully saturated rings. The van der Waals surface area contributed by atoms with Gasteiger partial charge in [0.05, 0.1) is 6.42 Å². The van der Waals surface area contributed by atoms with E-state index in [1.54, 1.807) is 12.1 Å². The van der Waals surface area contributed by atoms with Crippen LogP contribution in [0.4, 0.5) is 0 Å². The Morgan fingerprint density at radius 2 is 1.00 bits per heavy atom. The minimum atomic E-state index is -0.189. The molecule has 1 aromatic rings. The van der Waals surface area contributed by atoms with Crippen LogP contribution in [0.3, 0.4) is 0 Å². The maximum atomic E-state index is 11.8. The van der Waals surface area contributed by atoms with Gasteiger partial charge in [-0.25, -0.2) is 0 Å². The average Bonchev–Trinajstić information content (AvgIpc) is 2.85. The molecule has 0 spiro atoms. The topological polar surface area (TPSA) is 26.3 Å². The van der Waals surface area contributed by atoms with E-state index in [-0.39, 0.29) is 5.97 Å². The molecule has 2 nitrogen and oxygen atoms in total. The summed E-state index contributed by atoms with van der Waals surface area (Å²) in [6.45, 7) is 2.29. The van der Waals surface area contributed by atoms with Crippen LogP contribution in [-0.4, -0.2) is 5.97 Å². The van der Waals surface area contributed by atoms with Gasteiger partial charge in [-0.3, -0.25) is 4.79 Å². The van der Waals surface area contributed by atoms with Crippen LogP contribution in [0.25, 0.3) is 0 Å². The van der Waals surface area contributed by atoms with Gasteiger partial charge in [0.15, 0.2) is 0 Å². The minimum Gasteiger partial charge on any atom is -0.426 e. The Morgan fingerprint density at radius 1 is 0.588 bits per heavy atom. The first kappa shape index (κ1) is 30.5. The smallest absolute Gasteiger partial charge is 0.315 e. The molecular weight excluding hydrogens is 416 g/mol. The average molecular weight is 471 g/mol. The second-order valence-corrected chi connectivity index (χ2v) is 9.97. The molecule has 1 aromatic carbocycles. The third-order valence-corrected chi connectivity index (χ3v) is 6.65. The second kappa shape index (κ2) is 24.6. The third kappa shape index (κ3) is 21.0. The highest BCUT2D eigenvalue weighted by molar-refractivity contribution is 5.73. The van der Waals surface area contributed by atoms with Crippen LogP contribution in [-0.2, 0) is 4.79 Å². The monoisotopic (exact) mass is 470 g/mol. The summed E-state index contributed by atoms with van der Waals surface area (Å²) in [5, 5.41) is 0. The van der Waals surface area contributed by atoms with Crippen molar-refractivity contribution in [3.05, 3.63) is 42.5 Å². The summed E-state index contributed by atoms with van der Waals surface area (Å²) in [5.41, 5.74) is 0. The van der Waals surface area contributed by atoms with E-state index < -0.39 is 0 Å². The van der Waals surface area contributed by atoms with E-state index in [0.717, 1.165) is 6.42 Å². The number of hydrogen-bond acceptors (Lipinski definition) is 2. The number of benzene rings is 1. The number of rotatable bonds is 24. The van der Waals surface area contributed by atoms with E-state index in [9.17, 15) is 4.79 Å². The van der Waals surface area contributed by atoms with Crippen LogP contribution in [0, 0.1) is 0 Å². The molecule has 0 saturated heterocycles. The van der Waals surface area contributed by atoms with Crippen LogP contribution >= 0.6 is 0 Å². The number of carbonyl (C=O) groups excluding carboxylic acids is 1. The molecule has 0 amide bonds. The van der Waals surface area contributed by atoms with Gasteiger partial charge in [0.1, 0.15) is 5.75 Å². The zero-order valence-corrected chi connectivity index (χ0v) is 22.4. The zero-order valence-electron chi connectivity index (χ0n) is 22.4. The second-order valence-electron chi connectivity index (χ2n) is 9.97. The van der Waals surface area contributed by atoms with E-state index >= 15 is 0 Å². The molecule has 34 heavy (non-hydrogen) atoms. The summed E-state index contributed by atoms with van der Waals surface area (Å²) in [7, 11) is 0. The molecular formula is C32H54O2. The molecule has 0 aliphatic rings. The van der Waals surface area contributed by atoms with Crippen LogP contribution in [0.15, 0.2) is 42.5 Å². The third-order valence-electron chi connectivity index (χ3n) is 6.65. The summed E-state index contributed by atoms with van der Waals surface area (Å²) in [5.74, 6) is 0.431. The van der Waals surface area contributed by atoms with Crippen molar-refractivity contribution >= 4 is 5.97 Å². The van der Waals surface area contributed by atoms with Crippen molar-refractivity contribution in [2.75, 3.05) is 0 Å². The van der Waals surface area contributed by atoms with Gasteiger partial charge in [-0.1, -0.05) is 159 Å². The predicted octanol–water partition coefficient (Wildman–Crippen LogP) is 10.8. The Labute approximate surface area is 212 Å². The fraction of sp³-hybridized carbons (Fsp3) is 0.719. The molecule has 0 bridgehead atoms. The standard InChI is InChI=1S/C32H54O2/c1-2-3-4-5-6-7-8-9-10-11-12-13-14-15-16-17-18-19-20-21-22-23-27-30-32(33)34-31-28-25-24-26-29-31/h23-29H,2-22,30H2,1H3. The summed E-state index contributed by atoms with van der Waals surface area (Å²) < 4.78 is 5.27. The van der Waals surface area contributed by atoms with Gasteiger partial charge in [0, 0.05) is 0 Å². The van der Waals surface area contributed by atoms with Gasteiger partial charge in [0.25, 0.3) is 0 Å². The van der Waals surface area contributed by atoms with Gasteiger partial charge in [-0.2, -0.15) is 0 Å². The number of esters is 1. The summed E-state index contributed by atoms with van der Waals surface area (Å²) in [6, 6.07) is 9.27. The fourth-order valence-corrected chi connectivity index (χ4v) is 4.48. The summed E-state index contributed by atoms with van der Waals surface area (Å²) in [6.07, 6.45) is 33.8. The lowest BCUT2D eigenvalue weighted by Crippen LogP contribution is -2.05. The SMILES string of the molecule is CCCCCCCCCCCCCCCCCCCCCCC=CCC(=O)Oc1ccccc1. The lowest BCUT2D eigenvalue weighted by Gasteiger charge is -2.04. The molecule has 1 rings (SSSR count). The first-order valence-corrected chi connectivity index (χ1v) is 14.7. The van der Waals surface area contributed by atoms with Gasteiger partial charge < -0.3 is 4.74 Å². The molecule has 194 valence electrons. The van der Waals surface area contributed by atoms with E-state index in [1.165, 1.54) is 128 Å². The lowest BCUT2D eigenvalue weighted by molar-refractivity contribution is -0.133. The molecule has 0 unspecified atom stereocenters. The molecule has 2 heteroatoms. The number of hydrogen-bond donors (Lipinski definition) is 0. The Hall–Kier alpha value is -1.57. The van der Waals surface area contributed by atoms with Gasteiger partial charge >= 0.3 is 5.97 Å². The molecule has 0 atom stereocenters. The molecule has 0 saturated carbocycles. The van der Waals surface area contributed by atoms with Crippen molar-refractivity contribution < 1.29 is 9.53 Å². The van der Waals surface area contributed by atoms with Crippen LogP contribution < -0.4 is 4.74 Å². The van der Waals surface area contributed by atoms with E-state index in [4.69, 9.17) is 4.74 Å². The van der Waals surface area contributed by atoms with E-state index in [0.29, 0.717) is 12.2 Å². The van der Waals surface area contributed by atoms with Crippen molar-refractivity contribution in [3.63, 3.8) is 0 Å². The van der Waals surface area contributed by atoms with Crippen molar-refractivity contribution in [1.29, 1.82) is 0 Å². The molecule has 0 heterocycles. The number of ether oxygens (including phenoxy) is 1. The Morgan fingerprint density at radius 3 is 1.44 bits per heavy atom. The summed E-state index contributed by atoms with van der Waals surface area (Å²) in [4.78, 5) is 11.8. The Kier molecular flexibility index (Phi) is 22.0. The van der Waals surface area contributed by atoms with E-state index in [1.807, 2.05) is 24.3 Å². The number of unbranched alkanes of at least 4 members (excludes halogenated alkanes) is 20. The number of carbonyl (C=O) groups is 1. The Bertz CT molecular complexity index is 578. The maximum absolute atomic E-state index is 11.8. The molecule has 0 aliphatic heterocycles. The van der Waals surface area contributed by atoms with Crippen molar-refractivity contribution in [3.8, 4) is 5.75 Å². The highest BCUT2D eigenvalue weighted by atomic mass is 16.5. The van der Waals surface area contributed by atoms with Crippen LogP contribution in [0.1, 0.15) is 148 Å². The molecule has 0 N–H and O–H groups in total. The molecule has 0 aliphatic carbocycles. The fourth-order valence-electron chi connectivity index (χ4n) is 4.48. The van der Waals surface area contributed by atoms with Crippen LogP contribution in [0.2, 0.25) is 0 Å². The van der Waals surface area contributed by atoms with Crippen molar-refractivity contribution in [2.24, 2.45) is 0 Å². The summed E-state index contributed by atoms with van der Waals surface area (Å²) >= 11 is 0. The molecule has 0 aromatic heterocycles. The highest BCUT2D eigenvalue weighted by Gasteiger charge is 2.01. The van der Waals surface area contributed by atoms with Crippen LogP contribution in [0.5, 0.6) is 5.75 Å². The molecule has 0 radical (unpaired) electrons. The lowest BCUT2D eigenvalue weighted by atomic mass is 10.0. The number of para-hydroxylation sites is 1. The first-order chi connectivity index (χ1) is 16.8. The quantitative estimate of drug-likeness (QED) is 0.0649. The van der Waals surface area contributed by atoms with Crippen molar-refractivity contribution in [2.45, 2.75) is 148 Å².